The van der Waals surface area contributed by atoms with Gasteiger partial charge in [0.15, 0.2) is 11.5 Å². The summed E-state index contributed by atoms with van der Waals surface area (Å²) in [5, 5.41) is 9.69. The molecule has 3 aromatic heterocycles. The van der Waals surface area contributed by atoms with Crippen LogP contribution >= 0.6 is 11.6 Å². The fraction of sp³-hybridized carbons (Fsp3) is 0.207. The van der Waals surface area contributed by atoms with E-state index in [0.717, 1.165) is 60.5 Å². The lowest BCUT2D eigenvalue weighted by molar-refractivity contribution is 0.181. The molecular formula is C29H25ClN8. The summed E-state index contributed by atoms with van der Waals surface area (Å²) >= 11 is 6.33. The average molecular weight is 521 g/mol. The van der Waals surface area contributed by atoms with Gasteiger partial charge in [-0.05, 0) is 30.0 Å². The number of hydrogen-bond acceptors (Lipinski definition) is 7. The van der Waals surface area contributed by atoms with Crippen molar-refractivity contribution in [2.45, 2.75) is 25.4 Å². The zero-order valence-electron chi connectivity index (χ0n) is 20.6. The van der Waals surface area contributed by atoms with E-state index in [1.165, 1.54) is 11.9 Å². The summed E-state index contributed by atoms with van der Waals surface area (Å²) in [4.78, 5) is 19.9. The van der Waals surface area contributed by atoms with Gasteiger partial charge in [-0.25, -0.2) is 19.9 Å². The zero-order valence-corrected chi connectivity index (χ0v) is 21.4. The molecule has 5 aromatic rings. The first-order valence-corrected chi connectivity index (χ1v) is 12.9. The van der Waals surface area contributed by atoms with Crippen LogP contribution in [0.1, 0.15) is 30.0 Å². The minimum absolute atomic E-state index is 0.217. The van der Waals surface area contributed by atoms with Crippen molar-refractivity contribution < 1.29 is 0 Å². The number of piperidine rings is 1. The van der Waals surface area contributed by atoms with Crippen LogP contribution in [0.25, 0.3) is 33.5 Å². The van der Waals surface area contributed by atoms with Gasteiger partial charge in [0.25, 0.3) is 0 Å². The Kier molecular flexibility index (Phi) is 6.46. The Morgan fingerprint density at radius 3 is 2.47 bits per heavy atom. The Labute approximate surface area is 225 Å². The third-order valence-corrected chi connectivity index (χ3v) is 7.44. The molecule has 2 N–H and O–H groups in total. The van der Waals surface area contributed by atoms with E-state index in [9.17, 15) is 5.26 Å². The van der Waals surface area contributed by atoms with E-state index < -0.39 is 0 Å². The second kappa shape index (κ2) is 10.2. The highest BCUT2D eigenvalue weighted by molar-refractivity contribution is 6.30. The number of nitriles is 1. The van der Waals surface area contributed by atoms with Crippen LogP contribution in [0, 0.1) is 11.3 Å². The minimum Gasteiger partial charge on any atom is -0.382 e. The lowest BCUT2D eigenvalue weighted by Gasteiger charge is -2.32. The minimum atomic E-state index is 0.217. The number of nitrogen functional groups attached to an aromatic ring is 1. The molecule has 0 radical (unpaired) electrons. The fourth-order valence-electron chi connectivity index (χ4n) is 5.15. The number of fused-ring (bicyclic) bond motifs is 1. The normalized spacial score (nSPS) is 14.5. The number of hydrogen-bond donors (Lipinski definition) is 1. The molecule has 0 bridgehead atoms. The van der Waals surface area contributed by atoms with Gasteiger partial charge in [0.05, 0.1) is 17.6 Å². The Morgan fingerprint density at radius 2 is 1.74 bits per heavy atom. The van der Waals surface area contributed by atoms with E-state index in [-0.39, 0.29) is 5.15 Å². The maximum absolute atomic E-state index is 9.48. The Bertz CT molecular complexity index is 1630. The van der Waals surface area contributed by atoms with Gasteiger partial charge in [-0.3, -0.25) is 4.90 Å². The predicted molar refractivity (Wildman–Crippen MR) is 148 cm³/mol. The summed E-state index contributed by atoms with van der Waals surface area (Å²) in [5.41, 5.74) is 12.7. The number of imidazole rings is 1. The molecule has 0 amide bonds. The standard InChI is InChI=1S/C29H25ClN8/c30-27-22(15-31)14-24(20-4-2-1-3-5-20)25(36-27)21-8-6-19(7-9-21)16-37-12-10-23(11-13-37)38-18-35-26-28(32)33-17-34-29(26)38/h1-9,14,17-18,23H,10-13,16H2,(H2,32,33,34). The molecule has 1 saturated heterocycles. The van der Waals surface area contributed by atoms with Crippen LogP contribution in [0.3, 0.4) is 0 Å². The second-order valence-electron chi connectivity index (χ2n) is 9.49. The number of halogens is 1. The summed E-state index contributed by atoms with van der Waals surface area (Å²) in [5.74, 6) is 0.420. The van der Waals surface area contributed by atoms with Crippen LogP contribution in [0.15, 0.2) is 73.3 Å². The molecule has 1 fully saturated rings. The lowest BCUT2D eigenvalue weighted by atomic mass is 9.97. The van der Waals surface area contributed by atoms with E-state index in [4.69, 9.17) is 17.3 Å². The predicted octanol–water partition coefficient (Wildman–Crippen LogP) is 5.50. The van der Waals surface area contributed by atoms with E-state index >= 15 is 0 Å². The average Bonchev–Trinajstić information content (AvgIpc) is 3.40. The summed E-state index contributed by atoms with van der Waals surface area (Å²) in [6.07, 6.45) is 5.36. The number of nitrogens with two attached hydrogens (primary N) is 1. The maximum atomic E-state index is 9.48. The van der Waals surface area contributed by atoms with E-state index in [1.807, 2.05) is 42.7 Å². The Hall–Kier alpha value is -4.32. The van der Waals surface area contributed by atoms with Gasteiger partial charge in [0.2, 0.25) is 0 Å². The van der Waals surface area contributed by atoms with Crippen molar-refractivity contribution in [3.8, 4) is 28.5 Å². The van der Waals surface area contributed by atoms with Crippen LogP contribution in [-0.2, 0) is 6.54 Å². The molecule has 6 rings (SSSR count). The summed E-state index contributed by atoms with van der Waals surface area (Å²) in [6, 6.07) is 22.7. The van der Waals surface area contributed by atoms with Crippen molar-refractivity contribution in [2.75, 3.05) is 18.8 Å². The highest BCUT2D eigenvalue weighted by atomic mass is 35.5. The highest BCUT2D eigenvalue weighted by Crippen LogP contribution is 2.34. The van der Waals surface area contributed by atoms with Crippen molar-refractivity contribution in [2.24, 2.45) is 0 Å². The van der Waals surface area contributed by atoms with Gasteiger partial charge in [-0.1, -0.05) is 66.2 Å². The van der Waals surface area contributed by atoms with Gasteiger partial charge in [-0.2, -0.15) is 5.26 Å². The molecule has 1 aliphatic heterocycles. The fourth-order valence-corrected chi connectivity index (χ4v) is 5.33. The number of benzene rings is 2. The van der Waals surface area contributed by atoms with E-state index in [1.54, 1.807) is 0 Å². The molecule has 0 atom stereocenters. The van der Waals surface area contributed by atoms with Crippen molar-refractivity contribution in [1.82, 2.24) is 29.4 Å². The van der Waals surface area contributed by atoms with Crippen LogP contribution in [0.5, 0.6) is 0 Å². The van der Waals surface area contributed by atoms with Crippen molar-refractivity contribution in [3.63, 3.8) is 0 Å². The topological polar surface area (TPSA) is 110 Å². The first kappa shape index (κ1) is 24.0. The molecule has 4 heterocycles. The highest BCUT2D eigenvalue weighted by Gasteiger charge is 2.23. The number of rotatable bonds is 5. The molecule has 9 heteroatoms. The third kappa shape index (κ3) is 4.58. The number of pyridine rings is 1. The molecule has 1 aliphatic rings. The van der Waals surface area contributed by atoms with Crippen molar-refractivity contribution in [3.05, 3.63) is 89.6 Å². The summed E-state index contributed by atoms with van der Waals surface area (Å²) in [7, 11) is 0. The molecule has 188 valence electrons. The first-order chi connectivity index (χ1) is 18.6. The Morgan fingerprint density at radius 1 is 0.974 bits per heavy atom. The van der Waals surface area contributed by atoms with Gasteiger partial charge >= 0.3 is 0 Å². The third-order valence-electron chi connectivity index (χ3n) is 7.15. The summed E-state index contributed by atoms with van der Waals surface area (Å²) in [6.45, 7) is 2.84. The van der Waals surface area contributed by atoms with Crippen LogP contribution in [0.2, 0.25) is 5.15 Å². The molecule has 2 aromatic carbocycles. The van der Waals surface area contributed by atoms with Crippen molar-refractivity contribution in [1.29, 1.82) is 5.26 Å². The molecule has 0 spiro atoms. The van der Waals surface area contributed by atoms with Gasteiger partial charge in [0.1, 0.15) is 23.1 Å². The van der Waals surface area contributed by atoms with Crippen LogP contribution in [-0.4, -0.2) is 42.5 Å². The lowest BCUT2D eigenvalue weighted by Crippen LogP contribution is -2.34. The van der Waals surface area contributed by atoms with Gasteiger partial charge < -0.3 is 10.3 Å². The van der Waals surface area contributed by atoms with Crippen LogP contribution < -0.4 is 5.73 Å². The molecule has 0 unspecified atom stereocenters. The van der Waals surface area contributed by atoms with Gasteiger partial charge in [0, 0.05) is 36.8 Å². The number of anilines is 1. The molecule has 8 nitrogen and oxygen atoms in total. The van der Waals surface area contributed by atoms with E-state index in [2.05, 4.69) is 59.7 Å². The molecule has 38 heavy (non-hydrogen) atoms. The monoisotopic (exact) mass is 520 g/mol. The largest absolute Gasteiger partial charge is 0.382 e. The SMILES string of the molecule is N#Cc1cc(-c2ccccc2)c(-c2ccc(CN3CCC(n4cnc5c(N)ncnc54)CC3)cc2)nc1Cl. The number of aromatic nitrogens is 5. The van der Waals surface area contributed by atoms with Crippen molar-refractivity contribution >= 4 is 28.6 Å². The first-order valence-electron chi connectivity index (χ1n) is 12.5. The number of likely N-dealkylation sites (tertiary alicyclic amines) is 1. The molecular weight excluding hydrogens is 496 g/mol. The zero-order chi connectivity index (χ0) is 26.1. The quantitative estimate of drug-likeness (QED) is 0.305. The second-order valence-corrected chi connectivity index (χ2v) is 9.85. The maximum Gasteiger partial charge on any atom is 0.165 e. The van der Waals surface area contributed by atoms with Gasteiger partial charge in [-0.15, -0.1) is 0 Å². The molecule has 0 aliphatic carbocycles. The number of nitrogens with zero attached hydrogens (tertiary/aromatic N) is 7. The van der Waals surface area contributed by atoms with Crippen LogP contribution in [0.4, 0.5) is 5.82 Å². The smallest absolute Gasteiger partial charge is 0.165 e. The van der Waals surface area contributed by atoms with E-state index in [0.29, 0.717) is 22.9 Å². The molecule has 0 saturated carbocycles. The summed E-state index contributed by atoms with van der Waals surface area (Å²) < 4.78 is 2.14. The Balaban J connectivity index is 1.17.